The third kappa shape index (κ3) is 12.8. The van der Waals surface area contributed by atoms with Gasteiger partial charge in [0.05, 0.1) is 12.2 Å². The molecule has 0 fully saturated rings. The van der Waals surface area contributed by atoms with Crippen LogP contribution >= 0.6 is 0 Å². The summed E-state index contributed by atoms with van der Waals surface area (Å²) in [5, 5.41) is 0. The molecule has 0 saturated heterocycles. The molecule has 0 aliphatic heterocycles. The summed E-state index contributed by atoms with van der Waals surface area (Å²) in [6, 6.07) is 0. The first-order chi connectivity index (χ1) is 11.5. The number of rotatable bonds is 16. The van der Waals surface area contributed by atoms with Crippen molar-refractivity contribution in [3.05, 3.63) is 0 Å². The highest BCUT2D eigenvalue weighted by Gasteiger charge is 2.35. The summed E-state index contributed by atoms with van der Waals surface area (Å²) in [7, 11) is -4.25. The molecule has 0 atom stereocenters. The normalized spacial score (nSPS) is 13.4. The Morgan fingerprint density at radius 3 is 1.64 bits per heavy atom. The first-order valence-corrected chi connectivity index (χ1v) is 11.2. The molecule has 152 valence electrons. The van der Waals surface area contributed by atoms with Crippen LogP contribution in [-0.2, 0) is 19.6 Å². The first-order valence-electron chi connectivity index (χ1n) is 9.77. The van der Waals surface area contributed by atoms with Gasteiger partial charge in [-0.25, -0.2) is 0 Å². The topological polar surface area (TPSA) is 72.8 Å². The van der Waals surface area contributed by atoms with Crippen molar-refractivity contribution in [1.29, 1.82) is 0 Å². The van der Waals surface area contributed by atoms with E-state index in [1.165, 1.54) is 65.2 Å². The van der Waals surface area contributed by atoms with Crippen LogP contribution in [0.1, 0.15) is 98.8 Å². The maximum Gasteiger partial charge on any atom is 0.294 e. The average Bonchev–Trinajstić information content (AvgIpc) is 2.50. The zero-order valence-corrected chi connectivity index (χ0v) is 17.8. The van der Waals surface area contributed by atoms with E-state index in [-0.39, 0.29) is 6.61 Å². The summed E-state index contributed by atoms with van der Waals surface area (Å²) < 4.78 is 42.7. The van der Waals surface area contributed by atoms with E-state index in [0.29, 0.717) is 6.61 Å². The van der Waals surface area contributed by atoms with Crippen LogP contribution in [0.4, 0.5) is 0 Å². The van der Waals surface area contributed by atoms with E-state index in [1.54, 1.807) is 0 Å². The standard InChI is InChI=1S/C19H40O5S/c1-6-7-8-9-10-11-12-13-14-15-16-23-18(2,3)17-24-19(4,5)25(20,21)22/h6-17H2,1-5H3,(H,20,21,22). The summed E-state index contributed by atoms with van der Waals surface area (Å²) >= 11 is 0. The Labute approximate surface area is 155 Å². The Morgan fingerprint density at radius 2 is 1.20 bits per heavy atom. The van der Waals surface area contributed by atoms with Crippen LogP contribution in [0.2, 0.25) is 0 Å². The average molecular weight is 381 g/mol. The smallest absolute Gasteiger partial charge is 0.294 e. The second kappa shape index (κ2) is 12.3. The van der Waals surface area contributed by atoms with Crippen molar-refractivity contribution in [3.63, 3.8) is 0 Å². The quantitative estimate of drug-likeness (QED) is 0.289. The van der Waals surface area contributed by atoms with Gasteiger partial charge in [-0.3, -0.25) is 4.55 Å². The van der Waals surface area contributed by atoms with Crippen LogP contribution in [-0.4, -0.2) is 36.7 Å². The molecule has 1 N–H and O–H groups in total. The highest BCUT2D eigenvalue weighted by Crippen LogP contribution is 2.21. The SMILES string of the molecule is CCCCCCCCCCCCOC(C)(C)COC(C)(C)S(=O)(=O)O. The summed E-state index contributed by atoms with van der Waals surface area (Å²) in [6.07, 6.45) is 12.8. The van der Waals surface area contributed by atoms with Crippen LogP contribution in [0.3, 0.4) is 0 Å². The van der Waals surface area contributed by atoms with Crippen molar-refractivity contribution in [2.24, 2.45) is 0 Å². The lowest BCUT2D eigenvalue weighted by Crippen LogP contribution is -2.41. The third-order valence-electron chi connectivity index (χ3n) is 4.38. The fraction of sp³-hybridized carbons (Fsp3) is 1.00. The summed E-state index contributed by atoms with van der Waals surface area (Å²) in [5.41, 5.74) is -0.582. The van der Waals surface area contributed by atoms with Gasteiger partial charge in [0.1, 0.15) is 0 Å². The molecule has 0 aromatic carbocycles. The van der Waals surface area contributed by atoms with Crippen molar-refractivity contribution < 1.29 is 22.4 Å². The van der Waals surface area contributed by atoms with Gasteiger partial charge < -0.3 is 9.47 Å². The Bertz CT molecular complexity index is 429. The summed E-state index contributed by atoms with van der Waals surface area (Å²) in [5.74, 6) is 0. The van der Waals surface area contributed by atoms with E-state index in [0.717, 1.165) is 12.8 Å². The van der Waals surface area contributed by atoms with Crippen molar-refractivity contribution in [2.45, 2.75) is 109 Å². The fourth-order valence-electron chi connectivity index (χ4n) is 2.40. The molecule has 0 unspecified atom stereocenters. The van der Waals surface area contributed by atoms with E-state index in [2.05, 4.69) is 6.92 Å². The maximum absolute atomic E-state index is 11.2. The summed E-state index contributed by atoms with van der Waals surface area (Å²) in [4.78, 5) is -1.62. The van der Waals surface area contributed by atoms with Gasteiger partial charge in [-0.2, -0.15) is 8.42 Å². The predicted octanol–water partition coefficient (Wildman–Crippen LogP) is 5.34. The molecular formula is C19H40O5S. The van der Waals surface area contributed by atoms with E-state index in [1.807, 2.05) is 13.8 Å². The Balaban J connectivity index is 3.70. The molecule has 0 rings (SSSR count). The minimum atomic E-state index is -4.25. The lowest BCUT2D eigenvalue weighted by molar-refractivity contribution is -0.0995. The molecule has 6 heteroatoms. The lowest BCUT2D eigenvalue weighted by Gasteiger charge is -2.30. The van der Waals surface area contributed by atoms with Gasteiger partial charge in [-0.15, -0.1) is 0 Å². The Kier molecular flexibility index (Phi) is 12.2. The lowest BCUT2D eigenvalue weighted by atomic mass is 10.1. The van der Waals surface area contributed by atoms with Gasteiger partial charge in [-0.05, 0) is 34.1 Å². The predicted molar refractivity (Wildman–Crippen MR) is 103 cm³/mol. The monoisotopic (exact) mass is 380 g/mol. The fourth-order valence-corrected chi connectivity index (χ4v) is 2.61. The highest BCUT2D eigenvalue weighted by molar-refractivity contribution is 7.87. The molecule has 0 amide bonds. The van der Waals surface area contributed by atoms with Gasteiger partial charge in [0.25, 0.3) is 10.1 Å². The van der Waals surface area contributed by atoms with Crippen LogP contribution in [0.5, 0.6) is 0 Å². The van der Waals surface area contributed by atoms with Crippen LogP contribution < -0.4 is 0 Å². The molecule has 0 aliphatic rings. The number of ether oxygens (including phenoxy) is 2. The Hall–Kier alpha value is -0.170. The van der Waals surface area contributed by atoms with Gasteiger partial charge in [-0.1, -0.05) is 64.7 Å². The summed E-state index contributed by atoms with van der Waals surface area (Å²) in [6.45, 7) is 9.38. The van der Waals surface area contributed by atoms with Gasteiger partial charge in [0.15, 0.2) is 4.93 Å². The van der Waals surface area contributed by atoms with Crippen LogP contribution in [0.25, 0.3) is 0 Å². The zero-order chi connectivity index (χ0) is 19.4. The second-order valence-electron chi connectivity index (χ2n) is 7.95. The van der Waals surface area contributed by atoms with E-state index >= 15 is 0 Å². The van der Waals surface area contributed by atoms with Crippen LogP contribution in [0.15, 0.2) is 0 Å². The third-order valence-corrected chi connectivity index (χ3v) is 5.74. The molecule has 0 aromatic rings. The number of unbranched alkanes of at least 4 members (excludes halogenated alkanes) is 9. The molecule has 0 heterocycles. The van der Waals surface area contributed by atoms with Gasteiger partial charge in [0.2, 0.25) is 0 Å². The maximum atomic E-state index is 11.2. The van der Waals surface area contributed by atoms with E-state index in [4.69, 9.17) is 14.0 Å². The molecule has 0 aromatic heterocycles. The molecule has 0 spiro atoms. The van der Waals surface area contributed by atoms with E-state index < -0.39 is 20.7 Å². The number of hydrogen-bond donors (Lipinski definition) is 1. The molecular weight excluding hydrogens is 340 g/mol. The Morgan fingerprint density at radius 1 is 0.760 bits per heavy atom. The van der Waals surface area contributed by atoms with Crippen molar-refractivity contribution in [2.75, 3.05) is 13.2 Å². The minimum Gasteiger partial charge on any atom is -0.373 e. The van der Waals surface area contributed by atoms with Crippen molar-refractivity contribution in [3.8, 4) is 0 Å². The van der Waals surface area contributed by atoms with Gasteiger partial charge in [0, 0.05) is 6.61 Å². The highest BCUT2D eigenvalue weighted by atomic mass is 32.2. The van der Waals surface area contributed by atoms with E-state index in [9.17, 15) is 8.42 Å². The van der Waals surface area contributed by atoms with Crippen molar-refractivity contribution in [1.82, 2.24) is 0 Å². The first kappa shape index (κ1) is 24.8. The zero-order valence-electron chi connectivity index (χ0n) is 17.0. The largest absolute Gasteiger partial charge is 0.373 e. The molecule has 0 aliphatic carbocycles. The number of hydrogen-bond acceptors (Lipinski definition) is 4. The van der Waals surface area contributed by atoms with Crippen LogP contribution in [0, 0.1) is 0 Å². The molecule has 5 nitrogen and oxygen atoms in total. The molecule has 25 heavy (non-hydrogen) atoms. The van der Waals surface area contributed by atoms with Gasteiger partial charge >= 0.3 is 0 Å². The van der Waals surface area contributed by atoms with Crippen molar-refractivity contribution >= 4 is 10.1 Å². The molecule has 0 radical (unpaired) electrons. The molecule has 0 saturated carbocycles. The minimum absolute atomic E-state index is 0.109. The molecule has 0 bridgehead atoms. The second-order valence-corrected chi connectivity index (χ2v) is 9.89.